The summed E-state index contributed by atoms with van der Waals surface area (Å²) >= 11 is 5.82. The molecule has 2 atom stereocenters. The van der Waals surface area contributed by atoms with E-state index in [-0.39, 0.29) is 23.9 Å². The minimum absolute atomic E-state index is 0.00625. The second-order valence-corrected chi connectivity index (χ2v) is 9.09. The van der Waals surface area contributed by atoms with Crippen LogP contribution in [0.5, 0.6) is 0 Å². The summed E-state index contributed by atoms with van der Waals surface area (Å²) in [6.07, 6.45) is 5.08. The van der Waals surface area contributed by atoms with Crippen molar-refractivity contribution < 1.29 is 13.2 Å². The Morgan fingerprint density at radius 3 is 2.60 bits per heavy atom. The van der Waals surface area contributed by atoms with E-state index in [4.69, 9.17) is 11.6 Å². The van der Waals surface area contributed by atoms with Crippen LogP contribution in [-0.4, -0.2) is 39.5 Å². The number of hydrogen-bond donors (Lipinski definition) is 3. The van der Waals surface area contributed by atoms with Crippen molar-refractivity contribution >= 4 is 27.5 Å². The molecule has 2 aliphatic heterocycles. The molecule has 1 aromatic carbocycles. The molecule has 2 fully saturated rings. The van der Waals surface area contributed by atoms with Crippen LogP contribution in [0.4, 0.5) is 0 Å². The van der Waals surface area contributed by atoms with Crippen LogP contribution in [-0.2, 0) is 14.8 Å². The zero-order valence-electron chi connectivity index (χ0n) is 14.0. The fourth-order valence-electron chi connectivity index (χ4n) is 3.78. The van der Waals surface area contributed by atoms with E-state index in [2.05, 4.69) is 15.4 Å². The topological polar surface area (TPSA) is 87.3 Å². The number of rotatable bonds is 7. The van der Waals surface area contributed by atoms with E-state index >= 15 is 0 Å². The van der Waals surface area contributed by atoms with Crippen LogP contribution < -0.4 is 15.4 Å². The highest BCUT2D eigenvalue weighted by atomic mass is 35.5. The van der Waals surface area contributed by atoms with Crippen molar-refractivity contribution in [1.82, 2.24) is 15.4 Å². The van der Waals surface area contributed by atoms with Crippen molar-refractivity contribution in [2.45, 2.75) is 49.1 Å². The Morgan fingerprint density at radius 1 is 1.20 bits per heavy atom. The molecule has 1 amide bonds. The zero-order chi connectivity index (χ0) is 17.9. The molecule has 8 heteroatoms. The number of nitrogens with one attached hydrogen (secondary N) is 3. The van der Waals surface area contributed by atoms with Gasteiger partial charge in [-0.05, 0) is 49.8 Å². The molecule has 0 aliphatic carbocycles. The number of sulfonamides is 1. The first kappa shape index (κ1) is 18.6. The quantitative estimate of drug-likeness (QED) is 0.623. The maximum atomic E-state index is 12.1. The van der Waals surface area contributed by atoms with E-state index in [0.29, 0.717) is 29.4 Å². The Hall–Kier alpha value is -1.15. The number of fused-ring (bicyclic) bond motifs is 2. The van der Waals surface area contributed by atoms with Gasteiger partial charge in [-0.1, -0.05) is 17.7 Å². The predicted octanol–water partition coefficient (Wildman–Crippen LogP) is 1.66. The molecule has 138 valence electrons. The van der Waals surface area contributed by atoms with Crippen molar-refractivity contribution in [2.75, 3.05) is 13.1 Å². The van der Waals surface area contributed by atoms with Gasteiger partial charge in [0.05, 0.1) is 4.90 Å². The standard InChI is InChI=1S/C17H24ClN3O3S/c18-13-2-1-3-16(11-13)25(23,24)20-7-6-19-17(22)10-12-8-14-4-5-15(9-12)21-14/h1-3,11-12,14-15,20-21H,4-10H2,(H,19,22). The molecule has 6 nitrogen and oxygen atoms in total. The lowest BCUT2D eigenvalue weighted by molar-refractivity contribution is -0.122. The summed E-state index contributed by atoms with van der Waals surface area (Å²) in [5.74, 6) is 0.426. The first-order chi connectivity index (χ1) is 11.9. The predicted molar refractivity (Wildman–Crippen MR) is 96.9 cm³/mol. The van der Waals surface area contributed by atoms with E-state index in [9.17, 15) is 13.2 Å². The summed E-state index contributed by atoms with van der Waals surface area (Å²) in [5, 5.41) is 6.73. The molecule has 0 spiro atoms. The highest BCUT2D eigenvalue weighted by Gasteiger charge is 2.34. The molecular formula is C17H24ClN3O3S. The van der Waals surface area contributed by atoms with Crippen molar-refractivity contribution in [1.29, 1.82) is 0 Å². The Labute approximate surface area is 153 Å². The van der Waals surface area contributed by atoms with E-state index in [0.717, 1.165) is 12.8 Å². The fraction of sp³-hybridized carbons (Fsp3) is 0.588. The van der Waals surface area contributed by atoms with Gasteiger partial charge in [0, 0.05) is 36.6 Å². The van der Waals surface area contributed by atoms with E-state index in [1.807, 2.05) is 0 Å². The third-order valence-corrected chi connectivity index (χ3v) is 6.58. The number of carbonyl (C=O) groups is 1. The largest absolute Gasteiger partial charge is 0.355 e. The molecule has 3 N–H and O–H groups in total. The Bertz CT molecular complexity index is 714. The summed E-state index contributed by atoms with van der Waals surface area (Å²) in [6.45, 7) is 0.425. The Kier molecular flexibility index (Phi) is 5.99. The minimum atomic E-state index is -3.61. The minimum Gasteiger partial charge on any atom is -0.355 e. The number of halogens is 1. The number of benzene rings is 1. The zero-order valence-corrected chi connectivity index (χ0v) is 15.6. The SMILES string of the molecule is O=C(CC1CC2CCC(C1)N2)NCCNS(=O)(=O)c1cccc(Cl)c1. The first-order valence-corrected chi connectivity index (χ1v) is 10.6. The van der Waals surface area contributed by atoms with E-state index in [1.54, 1.807) is 12.1 Å². The second-order valence-electron chi connectivity index (χ2n) is 6.88. The molecule has 2 aliphatic rings. The van der Waals surface area contributed by atoms with Crippen LogP contribution in [0.1, 0.15) is 32.1 Å². The van der Waals surface area contributed by atoms with Gasteiger partial charge in [-0.25, -0.2) is 13.1 Å². The number of piperidine rings is 1. The van der Waals surface area contributed by atoms with Crippen LogP contribution in [0.25, 0.3) is 0 Å². The molecule has 2 saturated heterocycles. The fourth-order valence-corrected chi connectivity index (χ4v) is 5.11. The van der Waals surface area contributed by atoms with Gasteiger partial charge in [-0.2, -0.15) is 0 Å². The third kappa shape index (κ3) is 5.17. The lowest BCUT2D eigenvalue weighted by atomic mass is 9.89. The molecule has 2 bridgehead atoms. The van der Waals surface area contributed by atoms with Gasteiger partial charge >= 0.3 is 0 Å². The summed E-state index contributed by atoms with van der Waals surface area (Å²) < 4.78 is 26.7. The second kappa shape index (κ2) is 8.03. The Balaban J connectivity index is 1.38. The van der Waals surface area contributed by atoms with Crippen molar-refractivity contribution in [2.24, 2.45) is 5.92 Å². The van der Waals surface area contributed by atoms with Crippen LogP contribution in [0.15, 0.2) is 29.2 Å². The molecule has 3 rings (SSSR count). The maximum absolute atomic E-state index is 12.1. The smallest absolute Gasteiger partial charge is 0.240 e. The molecule has 0 aromatic heterocycles. The molecule has 25 heavy (non-hydrogen) atoms. The van der Waals surface area contributed by atoms with Crippen molar-refractivity contribution in [3.8, 4) is 0 Å². The average Bonchev–Trinajstić information content (AvgIpc) is 2.90. The monoisotopic (exact) mass is 385 g/mol. The molecule has 2 unspecified atom stereocenters. The van der Waals surface area contributed by atoms with E-state index < -0.39 is 10.0 Å². The highest BCUT2D eigenvalue weighted by molar-refractivity contribution is 7.89. The van der Waals surface area contributed by atoms with Gasteiger partial charge in [0.25, 0.3) is 0 Å². The lowest BCUT2D eigenvalue weighted by Gasteiger charge is -2.28. The van der Waals surface area contributed by atoms with Gasteiger partial charge in [-0.3, -0.25) is 4.79 Å². The van der Waals surface area contributed by atoms with Crippen LogP contribution in [0, 0.1) is 5.92 Å². The van der Waals surface area contributed by atoms with Crippen LogP contribution in [0.3, 0.4) is 0 Å². The van der Waals surface area contributed by atoms with E-state index in [1.165, 1.54) is 25.0 Å². The van der Waals surface area contributed by atoms with Gasteiger partial charge in [0.2, 0.25) is 15.9 Å². The van der Waals surface area contributed by atoms with Crippen LogP contribution in [0.2, 0.25) is 5.02 Å². The summed E-state index contributed by atoms with van der Waals surface area (Å²) in [5.41, 5.74) is 0. The lowest BCUT2D eigenvalue weighted by Crippen LogP contribution is -2.40. The van der Waals surface area contributed by atoms with Gasteiger partial charge in [0.1, 0.15) is 0 Å². The van der Waals surface area contributed by atoms with Crippen LogP contribution >= 0.6 is 11.6 Å². The highest BCUT2D eigenvalue weighted by Crippen LogP contribution is 2.32. The first-order valence-electron chi connectivity index (χ1n) is 8.70. The van der Waals surface area contributed by atoms with Crippen molar-refractivity contribution in [3.63, 3.8) is 0 Å². The Morgan fingerprint density at radius 2 is 1.92 bits per heavy atom. The average molecular weight is 386 g/mol. The number of hydrogen-bond acceptors (Lipinski definition) is 4. The van der Waals surface area contributed by atoms with Gasteiger partial charge in [-0.15, -0.1) is 0 Å². The molecule has 0 saturated carbocycles. The maximum Gasteiger partial charge on any atom is 0.240 e. The summed E-state index contributed by atoms with van der Waals surface area (Å²) in [6, 6.07) is 7.23. The molecule has 2 heterocycles. The molecular weight excluding hydrogens is 362 g/mol. The van der Waals surface area contributed by atoms with Gasteiger partial charge in [0.15, 0.2) is 0 Å². The number of amides is 1. The molecule has 0 radical (unpaired) electrons. The number of carbonyl (C=O) groups excluding carboxylic acids is 1. The summed E-state index contributed by atoms with van der Waals surface area (Å²) in [7, 11) is -3.61. The van der Waals surface area contributed by atoms with Crippen molar-refractivity contribution in [3.05, 3.63) is 29.3 Å². The third-order valence-electron chi connectivity index (χ3n) is 4.89. The molecule has 1 aromatic rings. The van der Waals surface area contributed by atoms with Gasteiger partial charge < -0.3 is 10.6 Å². The summed E-state index contributed by atoms with van der Waals surface area (Å²) in [4.78, 5) is 12.2. The normalized spacial score (nSPS) is 25.7.